The molecule has 1 aromatic rings. The molecule has 1 N–H and O–H groups in total. The standard InChI is InChI=1S/C13H19BrClNO2S/c1-9(2)4-5-10(3)16-19(17,18)13-7-6-11(14)8-12(13)15/h6-10,16H,4-5H2,1-3H3. The molecule has 0 amide bonds. The molecule has 0 saturated heterocycles. The van der Waals surface area contributed by atoms with Gasteiger partial charge in [-0.1, -0.05) is 41.4 Å². The molecule has 6 heteroatoms. The molecule has 0 saturated carbocycles. The third-order valence-corrected chi connectivity index (χ3v) is 5.28. The smallest absolute Gasteiger partial charge is 0.208 e. The number of sulfonamides is 1. The van der Waals surface area contributed by atoms with Gasteiger partial charge in [0.1, 0.15) is 4.90 Å². The molecule has 0 aliphatic rings. The second kappa shape index (κ2) is 7.07. The molecule has 1 unspecified atom stereocenters. The van der Waals surface area contributed by atoms with E-state index in [0.717, 1.165) is 17.3 Å². The summed E-state index contributed by atoms with van der Waals surface area (Å²) < 4.78 is 27.8. The third-order valence-electron chi connectivity index (χ3n) is 2.72. The summed E-state index contributed by atoms with van der Waals surface area (Å²) in [5, 5.41) is 0.220. The minimum absolute atomic E-state index is 0.105. The molecule has 0 aliphatic carbocycles. The lowest BCUT2D eigenvalue weighted by atomic mass is 10.1. The molecule has 19 heavy (non-hydrogen) atoms. The Labute approximate surface area is 128 Å². The van der Waals surface area contributed by atoms with Crippen LogP contribution in [0.5, 0.6) is 0 Å². The fourth-order valence-electron chi connectivity index (χ4n) is 1.66. The Kier molecular flexibility index (Phi) is 6.30. The van der Waals surface area contributed by atoms with Gasteiger partial charge < -0.3 is 0 Å². The molecule has 1 aromatic carbocycles. The highest BCUT2D eigenvalue weighted by molar-refractivity contribution is 9.10. The third kappa shape index (κ3) is 5.42. The second-order valence-electron chi connectivity index (χ2n) is 5.07. The van der Waals surface area contributed by atoms with Gasteiger partial charge in [-0.15, -0.1) is 0 Å². The van der Waals surface area contributed by atoms with Crippen LogP contribution in [0, 0.1) is 5.92 Å². The van der Waals surface area contributed by atoms with E-state index in [9.17, 15) is 8.42 Å². The number of nitrogens with one attached hydrogen (secondary N) is 1. The molecule has 108 valence electrons. The van der Waals surface area contributed by atoms with Crippen LogP contribution in [-0.2, 0) is 10.0 Å². The zero-order valence-electron chi connectivity index (χ0n) is 11.3. The lowest BCUT2D eigenvalue weighted by Crippen LogP contribution is -2.33. The topological polar surface area (TPSA) is 46.2 Å². The van der Waals surface area contributed by atoms with Gasteiger partial charge in [0.2, 0.25) is 10.0 Å². The van der Waals surface area contributed by atoms with E-state index in [4.69, 9.17) is 11.6 Å². The van der Waals surface area contributed by atoms with E-state index in [-0.39, 0.29) is 16.0 Å². The lowest BCUT2D eigenvalue weighted by Gasteiger charge is -2.16. The summed E-state index contributed by atoms with van der Waals surface area (Å²) >= 11 is 9.23. The van der Waals surface area contributed by atoms with E-state index in [1.807, 2.05) is 6.92 Å². The molecule has 0 aromatic heterocycles. The van der Waals surface area contributed by atoms with Crippen LogP contribution in [0.15, 0.2) is 27.6 Å². The van der Waals surface area contributed by atoms with Crippen molar-refractivity contribution in [3.63, 3.8) is 0 Å². The van der Waals surface area contributed by atoms with Crippen molar-refractivity contribution < 1.29 is 8.42 Å². The Bertz CT molecular complexity index is 531. The minimum atomic E-state index is -3.56. The minimum Gasteiger partial charge on any atom is -0.208 e. The number of hydrogen-bond acceptors (Lipinski definition) is 2. The number of rotatable bonds is 6. The van der Waals surface area contributed by atoms with Crippen molar-refractivity contribution in [3.8, 4) is 0 Å². The van der Waals surface area contributed by atoms with Gasteiger partial charge in [0.05, 0.1) is 5.02 Å². The van der Waals surface area contributed by atoms with E-state index in [2.05, 4.69) is 34.5 Å². The summed E-state index contributed by atoms with van der Waals surface area (Å²) in [5.41, 5.74) is 0. The first kappa shape index (κ1) is 17.0. The summed E-state index contributed by atoms with van der Waals surface area (Å²) in [7, 11) is -3.56. The van der Waals surface area contributed by atoms with Crippen LogP contribution in [-0.4, -0.2) is 14.5 Å². The second-order valence-corrected chi connectivity index (χ2v) is 8.07. The summed E-state index contributed by atoms with van der Waals surface area (Å²) in [4.78, 5) is 0.119. The molecular formula is C13H19BrClNO2S. The van der Waals surface area contributed by atoms with Gasteiger partial charge in [-0.3, -0.25) is 0 Å². The average Bonchev–Trinajstić information content (AvgIpc) is 2.25. The zero-order valence-corrected chi connectivity index (χ0v) is 14.4. The van der Waals surface area contributed by atoms with Crippen LogP contribution < -0.4 is 4.72 Å². The maximum Gasteiger partial charge on any atom is 0.242 e. The molecule has 0 bridgehead atoms. The Morgan fingerprint density at radius 2 is 1.89 bits per heavy atom. The van der Waals surface area contributed by atoms with E-state index in [1.54, 1.807) is 12.1 Å². The number of benzene rings is 1. The van der Waals surface area contributed by atoms with Gasteiger partial charge >= 0.3 is 0 Å². The molecule has 0 fully saturated rings. The first-order valence-corrected chi connectivity index (χ1v) is 8.85. The van der Waals surface area contributed by atoms with E-state index < -0.39 is 10.0 Å². The Balaban J connectivity index is 2.81. The van der Waals surface area contributed by atoms with Crippen LogP contribution >= 0.6 is 27.5 Å². The highest BCUT2D eigenvalue weighted by atomic mass is 79.9. The van der Waals surface area contributed by atoms with Gasteiger partial charge in [-0.05, 0) is 43.9 Å². The average molecular weight is 369 g/mol. The van der Waals surface area contributed by atoms with E-state index >= 15 is 0 Å². The molecule has 0 aliphatic heterocycles. The Morgan fingerprint density at radius 3 is 2.42 bits per heavy atom. The van der Waals surface area contributed by atoms with E-state index in [0.29, 0.717) is 5.92 Å². The zero-order chi connectivity index (χ0) is 14.6. The molecule has 0 radical (unpaired) electrons. The summed E-state index contributed by atoms with van der Waals surface area (Å²) in [6.45, 7) is 6.10. The fraction of sp³-hybridized carbons (Fsp3) is 0.538. The van der Waals surface area contributed by atoms with Crippen molar-refractivity contribution in [2.75, 3.05) is 0 Å². The van der Waals surface area contributed by atoms with Gasteiger partial charge in [0.15, 0.2) is 0 Å². The summed E-state index contributed by atoms with van der Waals surface area (Å²) in [6.07, 6.45) is 1.79. The molecule has 1 atom stereocenters. The molecular weight excluding hydrogens is 350 g/mol. The van der Waals surface area contributed by atoms with Crippen molar-refractivity contribution in [2.45, 2.75) is 44.6 Å². The quantitative estimate of drug-likeness (QED) is 0.817. The number of halogens is 2. The van der Waals surface area contributed by atoms with Gasteiger partial charge in [0, 0.05) is 10.5 Å². The number of hydrogen-bond donors (Lipinski definition) is 1. The molecule has 1 rings (SSSR count). The monoisotopic (exact) mass is 367 g/mol. The summed E-state index contributed by atoms with van der Waals surface area (Å²) in [6, 6.07) is 4.64. The fourth-order valence-corrected chi connectivity index (χ4v) is 3.98. The molecule has 3 nitrogen and oxygen atoms in total. The van der Waals surface area contributed by atoms with Crippen molar-refractivity contribution in [1.29, 1.82) is 0 Å². The van der Waals surface area contributed by atoms with Crippen molar-refractivity contribution in [3.05, 3.63) is 27.7 Å². The highest BCUT2D eigenvalue weighted by Crippen LogP contribution is 2.25. The van der Waals surface area contributed by atoms with Crippen molar-refractivity contribution >= 4 is 37.6 Å². The Morgan fingerprint density at radius 1 is 1.26 bits per heavy atom. The van der Waals surface area contributed by atoms with Crippen LogP contribution in [0.4, 0.5) is 0 Å². The Hall–Kier alpha value is -0.100. The first-order valence-electron chi connectivity index (χ1n) is 6.19. The largest absolute Gasteiger partial charge is 0.242 e. The van der Waals surface area contributed by atoms with Gasteiger partial charge in [-0.2, -0.15) is 0 Å². The SMILES string of the molecule is CC(C)CCC(C)NS(=O)(=O)c1ccc(Br)cc1Cl. The van der Waals surface area contributed by atoms with E-state index in [1.165, 1.54) is 6.07 Å². The van der Waals surface area contributed by atoms with Crippen molar-refractivity contribution in [1.82, 2.24) is 4.72 Å². The van der Waals surface area contributed by atoms with Crippen LogP contribution in [0.25, 0.3) is 0 Å². The van der Waals surface area contributed by atoms with Crippen LogP contribution in [0.1, 0.15) is 33.6 Å². The van der Waals surface area contributed by atoms with Crippen LogP contribution in [0.2, 0.25) is 5.02 Å². The maximum absolute atomic E-state index is 12.2. The van der Waals surface area contributed by atoms with Crippen LogP contribution in [0.3, 0.4) is 0 Å². The summed E-state index contributed by atoms with van der Waals surface area (Å²) in [5.74, 6) is 0.559. The lowest BCUT2D eigenvalue weighted by molar-refractivity contribution is 0.485. The first-order chi connectivity index (χ1) is 8.72. The normalized spacial score (nSPS) is 13.8. The molecule has 0 spiro atoms. The molecule has 0 heterocycles. The van der Waals surface area contributed by atoms with Gasteiger partial charge in [0.25, 0.3) is 0 Å². The predicted molar refractivity (Wildman–Crippen MR) is 83.0 cm³/mol. The highest BCUT2D eigenvalue weighted by Gasteiger charge is 2.20. The maximum atomic E-state index is 12.2. The predicted octanol–water partition coefficient (Wildman–Crippen LogP) is 4.21. The van der Waals surface area contributed by atoms with Crippen molar-refractivity contribution in [2.24, 2.45) is 5.92 Å². The van der Waals surface area contributed by atoms with Gasteiger partial charge in [-0.25, -0.2) is 13.1 Å².